The van der Waals surface area contributed by atoms with Crippen LogP contribution in [0.25, 0.3) is 11.1 Å². The first kappa shape index (κ1) is 16.7. The summed E-state index contributed by atoms with van der Waals surface area (Å²) in [5, 5.41) is 5.80. The number of amides is 2. The van der Waals surface area contributed by atoms with Crippen LogP contribution in [0.3, 0.4) is 0 Å². The number of carbonyl (C=O) groups is 1. The Hall–Kier alpha value is -3.14. The van der Waals surface area contributed by atoms with E-state index in [0.717, 1.165) is 16.7 Å². The number of aromatic nitrogens is 1. The Morgan fingerprint density at radius 2 is 1.68 bits per heavy atom. The van der Waals surface area contributed by atoms with E-state index >= 15 is 0 Å². The van der Waals surface area contributed by atoms with Crippen molar-refractivity contribution in [2.24, 2.45) is 0 Å². The van der Waals surface area contributed by atoms with Gasteiger partial charge >= 0.3 is 6.03 Å². The van der Waals surface area contributed by atoms with Gasteiger partial charge in [-0.05, 0) is 35.2 Å². The lowest BCUT2D eigenvalue weighted by Crippen LogP contribution is -2.36. The van der Waals surface area contributed by atoms with E-state index < -0.39 is 0 Å². The second-order valence-corrected chi connectivity index (χ2v) is 5.90. The largest absolute Gasteiger partial charge is 0.334 e. The van der Waals surface area contributed by atoms with E-state index in [2.05, 4.69) is 39.9 Å². The smallest absolute Gasteiger partial charge is 0.315 e. The lowest BCUT2D eigenvalue weighted by molar-refractivity contribution is 0.237. The monoisotopic (exact) mass is 331 g/mol. The van der Waals surface area contributed by atoms with Crippen molar-refractivity contribution in [3.8, 4) is 11.1 Å². The maximum atomic E-state index is 12.0. The molecule has 0 saturated heterocycles. The van der Waals surface area contributed by atoms with Gasteiger partial charge in [-0.2, -0.15) is 0 Å². The van der Waals surface area contributed by atoms with E-state index in [4.69, 9.17) is 0 Å². The third-order valence-corrected chi connectivity index (χ3v) is 4.04. The van der Waals surface area contributed by atoms with Gasteiger partial charge < -0.3 is 10.6 Å². The molecule has 2 N–H and O–H groups in total. The summed E-state index contributed by atoms with van der Waals surface area (Å²) < 4.78 is 0. The number of nitrogens with one attached hydrogen (secondary N) is 2. The van der Waals surface area contributed by atoms with Crippen LogP contribution in [-0.2, 0) is 6.54 Å². The van der Waals surface area contributed by atoms with E-state index in [-0.39, 0.29) is 12.1 Å². The fourth-order valence-electron chi connectivity index (χ4n) is 2.61. The van der Waals surface area contributed by atoms with Gasteiger partial charge in [0.25, 0.3) is 0 Å². The molecule has 0 aliphatic heterocycles. The van der Waals surface area contributed by atoms with Gasteiger partial charge in [0.2, 0.25) is 0 Å². The number of hydrogen-bond donors (Lipinski definition) is 2. The van der Waals surface area contributed by atoms with Crippen molar-refractivity contribution in [3.05, 3.63) is 90.3 Å². The van der Waals surface area contributed by atoms with Gasteiger partial charge in [-0.25, -0.2) is 4.79 Å². The molecule has 0 saturated carbocycles. The van der Waals surface area contributed by atoms with E-state index in [1.807, 2.05) is 49.4 Å². The van der Waals surface area contributed by atoms with E-state index in [1.165, 1.54) is 5.56 Å². The number of rotatable bonds is 5. The Balaban J connectivity index is 1.55. The summed E-state index contributed by atoms with van der Waals surface area (Å²) in [7, 11) is 0. The summed E-state index contributed by atoms with van der Waals surface area (Å²) in [6.45, 7) is 2.43. The van der Waals surface area contributed by atoms with Crippen LogP contribution in [-0.4, -0.2) is 11.0 Å². The molecule has 1 atom stereocenters. The van der Waals surface area contributed by atoms with Crippen LogP contribution in [0.4, 0.5) is 4.79 Å². The number of benzene rings is 2. The SMILES string of the molecule is C[C@@H](NC(=O)NCc1cccnc1)c1ccc(-c2ccccc2)cc1. The predicted molar refractivity (Wildman–Crippen MR) is 99.9 cm³/mol. The third kappa shape index (κ3) is 4.67. The van der Waals surface area contributed by atoms with Gasteiger partial charge in [0.1, 0.15) is 0 Å². The zero-order valence-corrected chi connectivity index (χ0v) is 14.1. The Kier molecular flexibility index (Phi) is 5.42. The average molecular weight is 331 g/mol. The number of hydrogen-bond acceptors (Lipinski definition) is 2. The highest BCUT2D eigenvalue weighted by molar-refractivity contribution is 5.74. The highest BCUT2D eigenvalue weighted by Crippen LogP contribution is 2.21. The minimum absolute atomic E-state index is 0.0706. The second-order valence-electron chi connectivity index (χ2n) is 5.90. The van der Waals surface area contributed by atoms with Crippen molar-refractivity contribution >= 4 is 6.03 Å². The van der Waals surface area contributed by atoms with Crippen LogP contribution in [0.2, 0.25) is 0 Å². The lowest BCUT2D eigenvalue weighted by atomic mass is 10.0. The van der Waals surface area contributed by atoms with E-state index in [1.54, 1.807) is 12.4 Å². The first-order valence-electron chi connectivity index (χ1n) is 8.31. The van der Waals surface area contributed by atoms with Crippen molar-refractivity contribution < 1.29 is 4.79 Å². The molecule has 3 aromatic rings. The zero-order valence-electron chi connectivity index (χ0n) is 14.1. The molecular formula is C21H21N3O. The first-order chi connectivity index (χ1) is 12.2. The van der Waals surface area contributed by atoms with Crippen LogP contribution in [0.1, 0.15) is 24.1 Å². The number of pyridine rings is 1. The Bertz CT molecular complexity index is 802. The van der Waals surface area contributed by atoms with E-state index in [0.29, 0.717) is 6.54 Å². The van der Waals surface area contributed by atoms with Gasteiger partial charge in [0, 0.05) is 18.9 Å². The molecule has 0 aliphatic rings. The van der Waals surface area contributed by atoms with Crippen molar-refractivity contribution in [1.29, 1.82) is 0 Å². The predicted octanol–water partition coefficient (Wildman–Crippen LogP) is 4.31. The highest BCUT2D eigenvalue weighted by Gasteiger charge is 2.09. The van der Waals surface area contributed by atoms with Gasteiger partial charge in [0.15, 0.2) is 0 Å². The fraction of sp³-hybridized carbons (Fsp3) is 0.143. The minimum Gasteiger partial charge on any atom is -0.334 e. The summed E-state index contributed by atoms with van der Waals surface area (Å²) in [5.74, 6) is 0. The number of carbonyl (C=O) groups excluding carboxylic acids is 1. The molecule has 0 fully saturated rings. The summed E-state index contributed by atoms with van der Waals surface area (Å²) in [6.07, 6.45) is 3.46. The van der Waals surface area contributed by atoms with E-state index in [9.17, 15) is 4.79 Å². The summed E-state index contributed by atoms with van der Waals surface area (Å²) in [4.78, 5) is 16.1. The Morgan fingerprint density at radius 1 is 0.960 bits per heavy atom. The third-order valence-electron chi connectivity index (χ3n) is 4.04. The highest BCUT2D eigenvalue weighted by atomic mass is 16.2. The lowest BCUT2D eigenvalue weighted by Gasteiger charge is -2.15. The molecule has 3 rings (SSSR count). The molecule has 4 nitrogen and oxygen atoms in total. The molecular weight excluding hydrogens is 310 g/mol. The number of nitrogens with zero attached hydrogens (tertiary/aromatic N) is 1. The summed E-state index contributed by atoms with van der Waals surface area (Å²) in [6, 6.07) is 22.0. The van der Waals surface area contributed by atoms with Crippen LogP contribution >= 0.6 is 0 Å². The molecule has 4 heteroatoms. The van der Waals surface area contributed by atoms with Crippen LogP contribution in [0.5, 0.6) is 0 Å². The zero-order chi connectivity index (χ0) is 17.5. The van der Waals surface area contributed by atoms with Gasteiger partial charge in [-0.15, -0.1) is 0 Å². The van der Waals surface area contributed by atoms with Crippen molar-refractivity contribution in [2.45, 2.75) is 19.5 Å². The molecule has 2 aromatic carbocycles. The standard InChI is InChI=1S/C21H21N3O/c1-16(24-21(25)23-15-17-6-5-13-22-14-17)18-9-11-20(12-10-18)19-7-3-2-4-8-19/h2-14,16H,15H2,1H3,(H2,23,24,25)/t16-/m1/s1. The van der Waals surface area contributed by atoms with Gasteiger partial charge in [-0.1, -0.05) is 60.7 Å². The molecule has 0 spiro atoms. The molecule has 0 radical (unpaired) electrons. The Labute approximate surface area is 147 Å². The summed E-state index contributed by atoms with van der Waals surface area (Å²) >= 11 is 0. The van der Waals surface area contributed by atoms with Crippen molar-refractivity contribution in [3.63, 3.8) is 0 Å². The quantitative estimate of drug-likeness (QED) is 0.732. The molecule has 2 amide bonds. The topological polar surface area (TPSA) is 54.0 Å². The first-order valence-corrected chi connectivity index (χ1v) is 8.31. The van der Waals surface area contributed by atoms with Crippen LogP contribution in [0.15, 0.2) is 79.1 Å². The fourth-order valence-corrected chi connectivity index (χ4v) is 2.61. The second kappa shape index (κ2) is 8.11. The Morgan fingerprint density at radius 3 is 2.36 bits per heavy atom. The van der Waals surface area contributed by atoms with Crippen LogP contribution < -0.4 is 10.6 Å². The van der Waals surface area contributed by atoms with Gasteiger partial charge in [0.05, 0.1) is 6.04 Å². The van der Waals surface area contributed by atoms with Crippen molar-refractivity contribution in [2.75, 3.05) is 0 Å². The van der Waals surface area contributed by atoms with Crippen LogP contribution in [0, 0.1) is 0 Å². The molecule has 25 heavy (non-hydrogen) atoms. The van der Waals surface area contributed by atoms with Crippen molar-refractivity contribution in [1.82, 2.24) is 15.6 Å². The molecule has 1 heterocycles. The minimum atomic E-state index is -0.191. The normalized spacial score (nSPS) is 11.6. The molecule has 0 bridgehead atoms. The molecule has 126 valence electrons. The molecule has 0 unspecified atom stereocenters. The van der Waals surface area contributed by atoms with Gasteiger partial charge in [-0.3, -0.25) is 4.98 Å². The number of urea groups is 1. The average Bonchev–Trinajstić information content (AvgIpc) is 2.68. The maximum Gasteiger partial charge on any atom is 0.315 e. The molecule has 0 aliphatic carbocycles. The summed E-state index contributed by atoms with van der Waals surface area (Å²) in [5.41, 5.74) is 4.38. The molecule has 1 aromatic heterocycles. The maximum absolute atomic E-state index is 12.0.